The van der Waals surface area contributed by atoms with Gasteiger partial charge in [0, 0.05) is 37.1 Å². The summed E-state index contributed by atoms with van der Waals surface area (Å²) in [4.78, 5) is 24.8. The minimum Gasteiger partial charge on any atom is -0.378 e. The van der Waals surface area contributed by atoms with E-state index < -0.39 is 0 Å². The highest BCUT2D eigenvalue weighted by Crippen LogP contribution is 2.36. The van der Waals surface area contributed by atoms with E-state index in [1.807, 2.05) is 26.4 Å². The largest absolute Gasteiger partial charge is 0.378 e. The van der Waals surface area contributed by atoms with Crippen LogP contribution in [0.1, 0.15) is 30.1 Å². The van der Waals surface area contributed by atoms with E-state index in [0.29, 0.717) is 18.0 Å². The molecular weight excluding hydrogens is 356 g/mol. The Morgan fingerprint density at radius 3 is 2.68 bits per heavy atom. The van der Waals surface area contributed by atoms with Gasteiger partial charge in [-0.1, -0.05) is 0 Å². The number of hydrogen-bond acceptors (Lipinski definition) is 8. The lowest BCUT2D eigenvalue weighted by molar-refractivity contribution is 0.122. The quantitative estimate of drug-likeness (QED) is 0.733. The molecule has 0 unspecified atom stereocenters. The molecule has 1 saturated heterocycles. The monoisotopic (exact) mass is 380 g/mol. The maximum atomic E-state index is 5.45. The number of anilines is 2. The molecule has 5 rings (SSSR count). The van der Waals surface area contributed by atoms with Crippen molar-refractivity contribution < 1.29 is 4.74 Å². The lowest BCUT2D eigenvalue weighted by Crippen LogP contribution is -2.37. The molecule has 1 N–H and O–H groups in total. The average molecular weight is 380 g/mol. The van der Waals surface area contributed by atoms with Crippen molar-refractivity contribution in [1.82, 2.24) is 29.5 Å². The number of nitrogens with one attached hydrogen (secondary N) is 1. The van der Waals surface area contributed by atoms with Crippen molar-refractivity contribution in [2.75, 3.05) is 36.5 Å². The summed E-state index contributed by atoms with van der Waals surface area (Å²) in [7, 11) is 0. The van der Waals surface area contributed by atoms with Crippen molar-refractivity contribution >= 4 is 22.9 Å². The van der Waals surface area contributed by atoms with E-state index in [0.717, 1.165) is 67.4 Å². The second-order valence-electron chi connectivity index (χ2n) is 7.55. The Labute approximate surface area is 163 Å². The Kier molecular flexibility index (Phi) is 4.31. The summed E-state index contributed by atoms with van der Waals surface area (Å²) >= 11 is 0. The van der Waals surface area contributed by atoms with Gasteiger partial charge in [0.2, 0.25) is 5.95 Å². The van der Waals surface area contributed by atoms with Gasteiger partial charge in [-0.25, -0.2) is 24.9 Å². The van der Waals surface area contributed by atoms with Crippen LogP contribution in [0.3, 0.4) is 0 Å². The molecule has 0 aromatic carbocycles. The first-order valence-electron chi connectivity index (χ1n) is 9.76. The van der Waals surface area contributed by atoms with E-state index in [-0.39, 0.29) is 0 Å². The highest BCUT2D eigenvalue weighted by molar-refractivity contribution is 5.83. The summed E-state index contributed by atoms with van der Waals surface area (Å²) in [5.74, 6) is 1.61. The second-order valence-corrected chi connectivity index (χ2v) is 7.55. The molecule has 146 valence electrons. The maximum absolute atomic E-state index is 5.45. The van der Waals surface area contributed by atoms with Crippen LogP contribution in [-0.4, -0.2) is 61.8 Å². The minimum atomic E-state index is 0.366. The van der Waals surface area contributed by atoms with Crippen molar-refractivity contribution in [3.8, 4) is 0 Å². The molecular formula is C19H24N8O. The first kappa shape index (κ1) is 17.3. The molecule has 4 heterocycles. The van der Waals surface area contributed by atoms with Crippen LogP contribution in [0.5, 0.6) is 0 Å². The summed E-state index contributed by atoms with van der Waals surface area (Å²) < 4.78 is 7.63. The van der Waals surface area contributed by atoms with Crippen molar-refractivity contribution in [2.45, 2.75) is 38.8 Å². The lowest BCUT2D eigenvalue weighted by atomic mass is 9.86. The first-order chi connectivity index (χ1) is 13.7. The summed E-state index contributed by atoms with van der Waals surface area (Å²) in [5, 5.41) is 3.44. The Hall–Kier alpha value is -2.81. The molecule has 0 amide bonds. The first-order valence-corrected chi connectivity index (χ1v) is 9.76. The van der Waals surface area contributed by atoms with Gasteiger partial charge in [-0.15, -0.1) is 0 Å². The summed E-state index contributed by atoms with van der Waals surface area (Å²) in [6.45, 7) is 7.16. The predicted molar refractivity (Wildman–Crippen MR) is 106 cm³/mol. The second kappa shape index (κ2) is 6.97. The van der Waals surface area contributed by atoms with Crippen LogP contribution in [0.15, 0.2) is 18.9 Å². The van der Waals surface area contributed by atoms with Crippen LogP contribution in [0.2, 0.25) is 0 Å². The summed E-state index contributed by atoms with van der Waals surface area (Å²) in [6, 6.07) is 0.742. The molecule has 3 aromatic heterocycles. The zero-order valence-electron chi connectivity index (χ0n) is 16.2. The Morgan fingerprint density at radius 1 is 1.07 bits per heavy atom. The highest BCUT2D eigenvalue weighted by atomic mass is 16.5. The average Bonchev–Trinajstić information content (AvgIpc) is 3.11. The fourth-order valence-corrected chi connectivity index (χ4v) is 3.83. The Morgan fingerprint density at radius 2 is 1.89 bits per heavy atom. The molecule has 1 saturated carbocycles. The third-order valence-corrected chi connectivity index (χ3v) is 5.71. The van der Waals surface area contributed by atoms with E-state index in [1.165, 1.54) is 0 Å². The molecule has 0 bridgehead atoms. The molecule has 0 spiro atoms. The zero-order chi connectivity index (χ0) is 19.1. The van der Waals surface area contributed by atoms with Gasteiger partial charge in [0.05, 0.1) is 19.5 Å². The molecule has 28 heavy (non-hydrogen) atoms. The number of aryl methyl sites for hydroxylation is 2. The lowest BCUT2D eigenvalue weighted by Gasteiger charge is -2.36. The number of hydrogen-bond donors (Lipinski definition) is 1. The molecule has 9 heteroatoms. The Balaban J connectivity index is 1.30. The van der Waals surface area contributed by atoms with E-state index >= 15 is 0 Å². The normalized spacial score (nSPS) is 22.3. The van der Waals surface area contributed by atoms with E-state index in [9.17, 15) is 0 Å². The standard InChI is InChI=1S/C19H24N8O/c1-12-9-20-19(24-13(12)2)25-14-7-15(8-14)27-11-23-16-17(21-10-22-18(16)27)26-3-5-28-6-4-26/h9-11,14-15H,3-8H2,1-2H3,(H,20,24,25). The topological polar surface area (TPSA) is 93.9 Å². The number of fused-ring (bicyclic) bond motifs is 1. The number of morpholine rings is 1. The van der Waals surface area contributed by atoms with E-state index in [1.54, 1.807) is 6.33 Å². The van der Waals surface area contributed by atoms with Crippen LogP contribution in [0.4, 0.5) is 11.8 Å². The molecule has 3 aromatic rings. The molecule has 9 nitrogen and oxygen atoms in total. The van der Waals surface area contributed by atoms with Crippen LogP contribution in [-0.2, 0) is 4.74 Å². The van der Waals surface area contributed by atoms with Gasteiger partial charge < -0.3 is 19.5 Å². The Bertz CT molecular complexity index is 991. The minimum absolute atomic E-state index is 0.366. The van der Waals surface area contributed by atoms with Crippen LogP contribution in [0.25, 0.3) is 11.2 Å². The maximum Gasteiger partial charge on any atom is 0.223 e. The smallest absolute Gasteiger partial charge is 0.223 e. The molecule has 1 aliphatic heterocycles. The van der Waals surface area contributed by atoms with Gasteiger partial charge in [-0.3, -0.25) is 0 Å². The van der Waals surface area contributed by atoms with Crippen molar-refractivity contribution in [2.24, 2.45) is 0 Å². The van der Waals surface area contributed by atoms with Gasteiger partial charge in [0.1, 0.15) is 6.33 Å². The number of imidazole rings is 1. The molecule has 0 atom stereocenters. The molecule has 2 aliphatic rings. The number of nitrogens with zero attached hydrogens (tertiary/aromatic N) is 7. The van der Waals surface area contributed by atoms with Crippen LogP contribution < -0.4 is 10.2 Å². The zero-order valence-corrected chi connectivity index (χ0v) is 16.2. The van der Waals surface area contributed by atoms with Gasteiger partial charge >= 0.3 is 0 Å². The highest BCUT2D eigenvalue weighted by Gasteiger charge is 2.32. The SMILES string of the molecule is Cc1cnc(NC2CC(n3cnc4c(N5CCOCC5)ncnc43)C2)nc1C. The van der Waals surface area contributed by atoms with Crippen molar-refractivity contribution in [3.05, 3.63) is 30.1 Å². The van der Waals surface area contributed by atoms with Gasteiger partial charge in [-0.05, 0) is 32.3 Å². The predicted octanol–water partition coefficient (Wildman–Crippen LogP) is 1.89. The van der Waals surface area contributed by atoms with Crippen molar-refractivity contribution in [3.63, 3.8) is 0 Å². The van der Waals surface area contributed by atoms with Crippen LogP contribution >= 0.6 is 0 Å². The van der Waals surface area contributed by atoms with Gasteiger partial charge in [0.25, 0.3) is 0 Å². The van der Waals surface area contributed by atoms with Crippen LogP contribution in [0, 0.1) is 13.8 Å². The van der Waals surface area contributed by atoms with Gasteiger partial charge in [0.15, 0.2) is 17.0 Å². The van der Waals surface area contributed by atoms with Crippen molar-refractivity contribution in [1.29, 1.82) is 0 Å². The third-order valence-electron chi connectivity index (χ3n) is 5.71. The fourth-order valence-electron chi connectivity index (χ4n) is 3.83. The summed E-state index contributed by atoms with van der Waals surface area (Å²) in [5.41, 5.74) is 3.90. The number of aromatic nitrogens is 6. The number of rotatable bonds is 4. The van der Waals surface area contributed by atoms with E-state index in [4.69, 9.17) is 4.74 Å². The molecule has 1 aliphatic carbocycles. The number of ether oxygens (including phenoxy) is 1. The fraction of sp³-hybridized carbons (Fsp3) is 0.526. The molecule has 2 fully saturated rings. The van der Waals surface area contributed by atoms with E-state index in [2.05, 4.69) is 39.7 Å². The third kappa shape index (κ3) is 3.05. The van der Waals surface area contributed by atoms with Gasteiger partial charge in [-0.2, -0.15) is 0 Å². The summed E-state index contributed by atoms with van der Waals surface area (Å²) in [6.07, 6.45) is 7.41. The molecule has 0 radical (unpaired) electrons.